The largest absolute Gasteiger partial charge is 0.370 e. The van der Waals surface area contributed by atoms with Crippen LogP contribution in [0.15, 0.2) is 4.99 Å². The first-order valence-electron chi connectivity index (χ1n) is 4.14. The van der Waals surface area contributed by atoms with Crippen molar-refractivity contribution in [3.8, 4) is 0 Å². The Morgan fingerprint density at radius 1 is 1.73 bits per heavy atom. The van der Waals surface area contributed by atoms with Crippen molar-refractivity contribution in [3.05, 3.63) is 0 Å². The molecule has 0 fully saturated rings. The molecular weight excluding hydrogens is 138 g/mol. The van der Waals surface area contributed by atoms with Gasteiger partial charge in [0.2, 0.25) is 0 Å². The van der Waals surface area contributed by atoms with Gasteiger partial charge in [-0.25, -0.2) is 4.99 Å². The SMILES string of the molecule is CC(C)CC1CN(C)C(N)=N1. The Morgan fingerprint density at radius 2 is 2.36 bits per heavy atom. The highest BCUT2D eigenvalue weighted by molar-refractivity contribution is 5.79. The molecule has 1 atom stereocenters. The van der Waals surface area contributed by atoms with Crippen LogP contribution in [0.4, 0.5) is 0 Å². The maximum absolute atomic E-state index is 5.62. The average molecular weight is 155 g/mol. The Morgan fingerprint density at radius 3 is 2.73 bits per heavy atom. The van der Waals surface area contributed by atoms with Crippen molar-refractivity contribution in [3.63, 3.8) is 0 Å². The Kier molecular flexibility index (Phi) is 2.37. The monoisotopic (exact) mass is 155 g/mol. The van der Waals surface area contributed by atoms with Gasteiger partial charge >= 0.3 is 0 Å². The maximum atomic E-state index is 5.62. The Hall–Kier alpha value is -0.730. The molecule has 11 heavy (non-hydrogen) atoms. The van der Waals surface area contributed by atoms with Crippen molar-refractivity contribution < 1.29 is 0 Å². The van der Waals surface area contributed by atoms with Gasteiger partial charge in [-0.05, 0) is 12.3 Å². The molecule has 0 saturated carbocycles. The molecule has 0 saturated heterocycles. The molecular formula is C8H17N3. The van der Waals surface area contributed by atoms with Crippen LogP contribution in [0.5, 0.6) is 0 Å². The number of hydrogen-bond acceptors (Lipinski definition) is 3. The van der Waals surface area contributed by atoms with Crippen molar-refractivity contribution in [2.75, 3.05) is 13.6 Å². The summed E-state index contributed by atoms with van der Waals surface area (Å²) in [4.78, 5) is 6.34. The zero-order valence-electron chi connectivity index (χ0n) is 7.54. The van der Waals surface area contributed by atoms with Crippen molar-refractivity contribution in [1.29, 1.82) is 0 Å². The summed E-state index contributed by atoms with van der Waals surface area (Å²) in [5.41, 5.74) is 5.62. The summed E-state index contributed by atoms with van der Waals surface area (Å²) in [6, 6.07) is 0.431. The van der Waals surface area contributed by atoms with Gasteiger partial charge in [-0.2, -0.15) is 0 Å². The van der Waals surface area contributed by atoms with Gasteiger partial charge in [-0.3, -0.25) is 0 Å². The minimum atomic E-state index is 0.431. The molecule has 0 spiro atoms. The van der Waals surface area contributed by atoms with Crippen LogP contribution >= 0.6 is 0 Å². The van der Waals surface area contributed by atoms with E-state index in [0.717, 1.165) is 13.0 Å². The van der Waals surface area contributed by atoms with E-state index in [9.17, 15) is 0 Å². The van der Waals surface area contributed by atoms with Gasteiger partial charge in [0.15, 0.2) is 5.96 Å². The molecule has 1 rings (SSSR count). The van der Waals surface area contributed by atoms with Crippen molar-refractivity contribution in [1.82, 2.24) is 4.90 Å². The molecule has 1 unspecified atom stereocenters. The lowest BCUT2D eigenvalue weighted by Gasteiger charge is -2.12. The fourth-order valence-electron chi connectivity index (χ4n) is 1.41. The summed E-state index contributed by atoms with van der Waals surface area (Å²) in [7, 11) is 1.99. The van der Waals surface area contributed by atoms with E-state index in [1.54, 1.807) is 0 Å². The van der Waals surface area contributed by atoms with E-state index in [-0.39, 0.29) is 0 Å². The third-order valence-corrected chi connectivity index (χ3v) is 1.93. The third-order valence-electron chi connectivity index (χ3n) is 1.93. The van der Waals surface area contributed by atoms with Crippen LogP contribution in [0.1, 0.15) is 20.3 Å². The molecule has 1 heterocycles. The highest BCUT2D eigenvalue weighted by atomic mass is 15.3. The predicted molar refractivity (Wildman–Crippen MR) is 47.5 cm³/mol. The molecule has 64 valence electrons. The van der Waals surface area contributed by atoms with E-state index in [1.807, 2.05) is 11.9 Å². The molecule has 2 N–H and O–H groups in total. The summed E-state index contributed by atoms with van der Waals surface area (Å²) in [6.45, 7) is 5.41. The molecule has 0 aromatic rings. The lowest BCUT2D eigenvalue weighted by atomic mass is 10.1. The molecule has 3 nitrogen and oxygen atoms in total. The Bertz CT molecular complexity index is 163. The highest BCUT2D eigenvalue weighted by Gasteiger charge is 2.20. The van der Waals surface area contributed by atoms with E-state index in [0.29, 0.717) is 17.9 Å². The Balaban J connectivity index is 2.41. The van der Waals surface area contributed by atoms with E-state index in [2.05, 4.69) is 18.8 Å². The van der Waals surface area contributed by atoms with Gasteiger partial charge in [0.05, 0.1) is 6.04 Å². The normalized spacial score (nSPS) is 24.5. The zero-order valence-corrected chi connectivity index (χ0v) is 7.54. The zero-order chi connectivity index (χ0) is 8.43. The molecule has 1 aliphatic heterocycles. The predicted octanol–water partition coefficient (Wildman–Crippen LogP) is 0.661. The lowest BCUT2D eigenvalue weighted by Crippen LogP contribution is -2.30. The van der Waals surface area contributed by atoms with E-state index in [4.69, 9.17) is 5.73 Å². The third kappa shape index (κ3) is 2.10. The van der Waals surface area contributed by atoms with Crippen LogP contribution in [0.3, 0.4) is 0 Å². The summed E-state index contributed by atoms with van der Waals surface area (Å²) >= 11 is 0. The maximum Gasteiger partial charge on any atom is 0.191 e. The first-order chi connectivity index (χ1) is 5.09. The quantitative estimate of drug-likeness (QED) is 0.636. The van der Waals surface area contributed by atoms with Crippen LogP contribution in [-0.4, -0.2) is 30.5 Å². The number of rotatable bonds is 2. The number of aliphatic imine (C=N–C) groups is 1. The number of likely N-dealkylation sites (N-methyl/N-ethyl adjacent to an activating group) is 1. The van der Waals surface area contributed by atoms with Gasteiger partial charge in [0, 0.05) is 13.6 Å². The Labute approximate surface area is 68.3 Å². The molecule has 0 bridgehead atoms. The highest BCUT2D eigenvalue weighted by Crippen LogP contribution is 2.13. The molecule has 0 aromatic heterocycles. The molecule has 0 aromatic carbocycles. The lowest BCUT2D eigenvalue weighted by molar-refractivity contribution is 0.437. The number of nitrogens with zero attached hydrogens (tertiary/aromatic N) is 2. The first kappa shape index (κ1) is 8.37. The van der Waals surface area contributed by atoms with E-state index < -0.39 is 0 Å². The topological polar surface area (TPSA) is 41.6 Å². The smallest absolute Gasteiger partial charge is 0.191 e. The van der Waals surface area contributed by atoms with Gasteiger partial charge in [-0.1, -0.05) is 13.8 Å². The summed E-state index contributed by atoms with van der Waals surface area (Å²) in [5.74, 6) is 1.40. The first-order valence-corrected chi connectivity index (χ1v) is 4.14. The second kappa shape index (κ2) is 3.11. The number of guanidine groups is 1. The van der Waals surface area contributed by atoms with Crippen molar-refractivity contribution in [2.24, 2.45) is 16.6 Å². The molecule has 1 aliphatic rings. The minimum Gasteiger partial charge on any atom is -0.370 e. The van der Waals surface area contributed by atoms with E-state index in [1.165, 1.54) is 0 Å². The summed E-state index contributed by atoms with van der Waals surface area (Å²) in [5, 5.41) is 0. The number of hydrogen-bond donors (Lipinski definition) is 1. The molecule has 0 radical (unpaired) electrons. The van der Waals surface area contributed by atoms with Crippen molar-refractivity contribution >= 4 is 5.96 Å². The van der Waals surface area contributed by atoms with Crippen LogP contribution in [-0.2, 0) is 0 Å². The van der Waals surface area contributed by atoms with Crippen LogP contribution < -0.4 is 5.73 Å². The van der Waals surface area contributed by atoms with Crippen molar-refractivity contribution in [2.45, 2.75) is 26.3 Å². The van der Waals surface area contributed by atoms with Crippen LogP contribution in [0.2, 0.25) is 0 Å². The van der Waals surface area contributed by atoms with Gasteiger partial charge in [-0.15, -0.1) is 0 Å². The van der Waals surface area contributed by atoms with Gasteiger partial charge in [0.1, 0.15) is 0 Å². The fraction of sp³-hybridized carbons (Fsp3) is 0.875. The second-order valence-electron chi connectivity index (χ2n) is 3.65. The van der Waals surface area contributed by atoms with Gasteiger partial charge in [0.25, 0.3) is 0 Å². The van der Waals surface area contributed by atoms with E-state index >= 15 is 0 Å². The fourth-order valence-corrected chi connectivity index (χ4v) is 1.41. The average Bonchev–Trinajstić information content (AvgIpc) is 2.10. The molecule has 3 heteroatoms. The molecule has 0 aliphatic carbocycles. The molecule has 0 amide bonds. The number of nitrogens with two attached hydrogens (primary N) is 1. The summed E-state index contributed by atoms with van der Waals surface area (Å²) < 4.78 is 0. The standard InChI is InChI=1S/C8H17N3/c1-6(2)4-7-5-11(3)8(9)10-7/h6-7H,4-5H2,1-3H3,(H2,9,10). The van der Waals surface area contributed by atoms with Crippen LogP contribution in [0, 0.1) is 5.92 Å². The summed E-state index contributed by atoms with van der Waals surface area (Å²) in [6.07, 6.45) is 1.14. The van der Waals surface area contributed by atoms with Crippen LogP contribution in [0.25, 0.3) is 0 Å². The van der Waals surface area contributed by atoms with Gasteiger partial charge < -0.3 is 10.6 Å². The minimum absolute atomic E-state index is 0.431. The second-order valence-corrected chi connectivity index (χ2v) is 3.65.